The molecule has 0 bridgehead atoms. The van der Waals surface area contributed by atoms with E-state index in [1.165, 1.54) is 6.92 Å². The van der Waals surface area contributed by atoms with E-state index in [9.17, 15) is 14.7 Å². The molecule has 2 aromatic rings. The highest BCUT2D eigenvalue weighted by Gasteiger charge is 2.36. The average Bonchev–Trinajstić information content (AvgIpc) is 2.60. The van der Waals surface area contributed by atoms with Crippen molar-refractivity contribution in [2.24, 2.45) is 0 Å². The van der Waals surface area contributed by atoms with Crippen LogP contribution >= 0.6 is 11.8 Å². The van der Waals surface area contributed by atoms with E-state index in [1.54, 1.807) is 12.1 Å². The molecule has 1 atom stereocenters. The first kappa shape index (κ1) is 18.2. The third-order valence-corrected chi connectivity index (χ3v) is 5.12. The van der Waals surface area contributed by atoms with Crippen LogP contribution in [0.1, 0.15) is 23.7 Å². The summed E-state index contributed by atoms with van der Waals surface area (Å²) in [6, 6.07) is 17.0. The number of hydrogen-bond acceptors (Lipinski definition) is 4. The molecule has 1 unspecified atom stereocenters. The van der Waals surface area contributed by atoms with Gasteiger partial charge in [0.15, 0.2) is 5.78 Å². The number of carbonyl (C=O) groups is 2. The van der Waals surface area contributed by atoms with Gasteiger partial charge in [-0.1, -0.05) is 54.6 Å². The highest BCUT2D eigenvalue weighted by atomic mass is 32.2. The van der Waals surface area contributed by atoms with Gasteiger partial charge in [0.2, 0.25) is 0 Å². The fraction of sp³-hybridized carbons (Fsp3) is 0.263. The number of benzene rings is 2. The van der Waals surface area contributed by atoms with Crippen LogP contribution in [0.15, 0.2) is 54.6 Å². The van der Waals surface area contributed by atoms with Crippen molar-refractivity contribution in [1.82, 2.24) is 0 Å². The minimum atomic E-state index is -1.24. The Balaban J connectivity index is 2.13. The third-order valence-electron chi connectivity index (χ3n) is 3.78. The molecule has 126 valence electrons. The van der Waals surface area contributed by atoms with Crippen molar-refractivity contribution in [2.75, 3.05) is 12.4 Å². The van der Waals surface area contributed by atoms with E-state index in [1.807, 2.05) is 42.5 Å². The van der Waals surface area contributed by atoms with Crippen LogP contribution in [0.2, 0.25) is 0 Å². The van der Waals surface area contributed by atoms with Gasteiger partial charge >= 0.3 is 5.97 Å². The summed E-state index contributed by atoms with van der Waals surface area (Å²) in [5, 5.41) is 18.3. The lowest BCUT2D eigenvalue weighted by atomic mass is 9.97. The van der Waals surface area contributed by atoms with Gasteiger partial charge in [-0.3, -0.25) is 9.59 Å². The number of aliphatic hydroxyl groups excluding tert-OH is 1. The Labute approximate surface area is 145 Å². The minimum absolute atomic E-state index is 0.113. The van der Waals surface area contributed by atoms with Crippen molar-refractivity contribution in [3.63, 3.8) is 0 Å². The van der Waals surface area contributed by atoms with Crippen molar-refractivity contribution in [3.05, 3.63) is 60.2 Å². The topological polar surface area (TPSA) is 74.6 Å². The Bertz CT molecular complexity index is 697. The van der Waals surface area contributed by atoms with Gasteiger partial charge in [-0.15, -0.1) is 11.8 Å². The largest absolute Gasteiger partial charge is 0.480 e. The molecule has 0 aromatic heterocycles. The van der Waals surface area contributed by atoms with Gasteiger partial charge < -0.3 is 10.2 Å². The minimum Gasteiger partial charge on any atom is -0.480 e. The van der Waals surface area contributed by atoms with Gasteiger partial charge in [-0.2, -0.15) is 0 Å². The van der Waals surface area contributed by atoms with Gasteiger partial charge in [0.05, 0.1) is 6.61 Å². The summed E-state index contributed by atoms with van der Waals surface area (Å²) >= 11 is 1.08. The van der Waals surface area contributed by atoms with Crippen LogP contribution in [-0.4, -0.2) is 39.1 Å². The zero-order valence-corrected chi connectivity index (χ0v) is 14.3. The number of rotatable bonds is 8. The van der Waals surface area contributed by atoms with E-state index in [0.717, 1.165) is 22.9 Å². The van der Waals surface area contributed by atoms with Crippen molar-refractivity contribution in [2.45, 2.75) is 18.1 Å². The average molecular weight is 344 g/mol. The first-order valence-corrected chi connectivity index (χ1v) is 8.62. The summed E-state index contributed by atoms with van der Waals surface area (Å²) in [6.07, 6.45) is -0.113. The predicted octanol–water partition coefficient (Wildman–Crippen LogP) is 3.50. The van der Waals surface area contributed by atoms with Crippen LogP contribution < -0.4 is 0 Å². The zero-order valence-electron chi connectivity index (χ0n) is 13.4. The number of ketones is 1. The number of aliphatic carboxylic acids is 1. The summed E-state index contributed by atoms with van der Waals surface area (Å²) in [7, 11) is 0. The molecular weight excluding hydrogens is 324 g/mol. The van der Waals surface area contributed by atoms with Crippen LogP contribution in [0.25, 0.3) is 11.1 Å². The quantitative estimate of drug-likeness (QED) is 0.717. The van der Waals surface area contributed by atoms with E-state index >= 15 is 0 Å². The molecule has 0 amide bonds. The molecule has 0 heterocycles. The summed E-state index contributed by atoms with van der Waals surface area (Å²) in [5.74, 6) is -0.983. The van der Waals surface area contributed by atoms with Crippen LogP contribution in [0.4, 0.5) is 0 Å². The Morgan fingerprint density at radius 2 is 1.58 bits per heavy atom. The molecule has 0 aliphatic rings. The lowest BCUT2D eigenvalue weighted by Crippen LogP contribution is -2.35. The highest BCUT2D eigenvalue weighted by molar-refractivity contribution is 8.01. The summed E-state index contributed by atoms with van der Waals surface area (Å²) in [6.45, 7) is 1.40. The normalized spacial score (nSPS) is 13.2. The molecule has 0 aliphatic carbocycles. The zero-order chi connectivity index (χ0) is 17.6. The maximum Gasteiger partial charge on any atom is 0.319 e. The van der Waals surface area contributed by atoms with E-state index in [4.69, 9.17) is 5.11 Å². The molecule has 0 radical (unpaired) electrons. The molecular formula is C19H20O4S. The first-order chi connectivity index (χ1) is 11.5. The Hall–Kier alpha value is -2.11. The summed E-state index contributed by atoms with van der Waals surface area (Å²) in [4.78, 5) is 23.9. The molecule has 0 saturated heterocycles. The fourth-order valence-corrected chi connectivity index (χ4v) is 3.25. The second-order valence-corrected chi connectivity index (χ2v) is 7.25. The molecule has 0 spiro atoms. The lowest BCUT2D eigenvalue weighted by Gasteiger charge is -2.23. The molecule has 2 aromatic carbocycles. The van der Waals surface area contributed by atoms with Crippen molar-refractivity contribution in [3.8, 4) is 11.1 Å². The second-order valence-electron chi connectivity index (χ2n) is 5.65. The highest BCUT2D eigenvalue weighted by Crippen LogP contribution is 2.31. The maximum absolute atomic E-state index is 12.4. The standard InChI is InChI=1S/C19H20O4S/c1-19(18(22)23,24-12-11-20)13-17(21)16-9-7-15(8-10-16)14-5-3-2-4-6-14/h2-10,20H,11-13H2,1H3,(H,22,23). The molecule has 0 fully saturated rings. The predicted molar refractivity (Wildman–Crippen MR) is 96.4 cm³/mol. The van der Waals surface area contributed by atoms with Crippen LogP contribution in [0, 0.1) is 0 Å². The van der Waals surface area contributed by atoms with Gasteiger partial charge in [0.1, 0.15) is 4.75 Å². The van der Waals surface area contributed by atoms with E-state index in [2.05, 4.69) is 0 Å². The van der Waals surface area contributed by atoms with Crippen LogP contribution in [0.3, 0.4) is 0 Å². The second kappa shape index (κ2) is 8.13. The molecule has 2 rings (SSSR count). The Morgan fingerprint density at radius 1 is 1.00 bits per heavy atom. The van der Waals surface area contributed by atoms with Crippen LogP contribution in [0.5, 0.6) is 0 Å². The maximum atomic E-state index is 12.4. The summed E-state index contributed by atoms with van der Waals surface area (Å²) < 4.78 is -1.24. The van der Waals surface area contributed by atoms with Crippen molar-refractivity contribution in [1.29, 1.82) is 0 Å². The molecule has 2 N–H and O–H groups in total. The van der Waals surface area contributed by atoms with Gasteiger partial charge in [0, 0.05) is 17.7 Å². The lowest BCUT2D eigenvalue weighted by molar-refractivity contribution is -0.139. The number of carbonyl (C=O) groups excluding carboxylic acids is 1. The molecule has 24 heavy (non-hydrogen) atoms. The number of aliphatic hydroxyl groups is 1. The molecule has 0 aliphatic heterocycles. The Morgan fingerprint density at radius 3 is 2.12 bits per heavy atom. The van der Waals surface area contributed by atoms with E-state index in [0.29, 0.717) is 5.56 Å². The molecule has 5 heteroatoms. The molecule has 4 nitrogen and oxygen atoms in total. The number of carboxylic acid groups (broad SMARTS) is 1. The van der Waals surface area contributed by atoms with Gasteiger partial charge in [-0.25, -0.2) is 0 Å². The first-order valence-electron chi connectivity index (χ1n) is 7.63. The fourth-order valence-electron chi connectivity index (χ4n) is 2.35. The van der Waals surface area contributed by atoms with E-state index < -0.39 is 10.7 Å². The van der Waals surface area contributed by atoms with Gasteiger partial charge in [0.25, 0.3) is 0 Å². The van der Waals surface area contributed by atoms with Crippen molar-refractivity contribution >= 4 is 23.5 Å². The number of carboxylic acids is 1. The Kier molecular flexibility index (Phi) is 6.17. The smallest absolute Gasteiger partial charge is 0.319 e. The number of hydrogen-bond donors (Lipinski definition) is 2. The monoisotopic (exact) mass is 344 g/mol. The van der Waals surface area contributed by atoms with E-state index in [-0.39, 0.29) is 24.6 Å². The summed E-state index contributed by atoms with van der Waals surface area (Å²) in [5.41, 5.74) is 2.56. The third kappa shape index (κ3) is 4.46. The molecule has 0 saturated carbocycles. The number of thioether (sulfide) groups is 1. The SMILES string of the molecule is CC(CC(=O)c1ccc(-c2ccccc2)cc1)(SCCO)C(=O)O. The van der Waals surface area contributed by atoms with Gasteiger partial charge in [-0.05, 0) is 18.1 Å². The van der Waals surface area contributed by atoms with Crippen molar-refractivity contribution < 1.29 is 19.8 Å². The number of Topliss-reactive ketones (excluding diaryl/α,β-unsaturated/α-hetero) is 1. The van der Waals surface area contributed by atoms with Crippen LogP contribution in [-0.2, 0) is 4.79 Å².